The van der Waals surface area contributed by atoms with Gasteiger partial charge < -0.3 is 14.8 Å². The lowest BCUT2D eigenvalue weighted by Crippen LogP contribution is -2.23. The summed E-state index contributed by atoms with van der Waals surface area (Å²) in [7, 11) is 1.40. The summed E-state index contributed by atoms with van der Waals surface area (Å²) in [5.41, 5.74) is 0.858. The monoisotopic (exact) mass is 738 g/mol. The number of rotatable bonds is 9. The highest BCUT2D eigenvalue weighted by atomic mass is 127. The second-order valence-electron chi connectivity index (χ2n) is 10.9. The molecule has 2 aromatic carbocycles. The fraction of sp³-hybridized carbons (Fsp3) is 0.312. The standard InChI is InChI=1S/C31H32F3N5O4.CH3I/c1-19-6-8-21(9-7-19)39-28(17-27(38-39)30(2,3)4)37-29(41)36-26-11-10-23(16-25(26)31(32,33)34)43-24-12-13-35-20(15-24)14-22(40)18-42-5;1-2/h6-13,15-17H,14,18H2,1-5H3,(H2,36,37,41);1H3/i;1D. The van der Waals surface area contributed by atoms with Gasteiger partial charge in [-0.1, -0.05) is 61.1 Å². The van der Waals surface area contributed by atoms with E-state index in [0.29, 0.717) is 22.0 Å². The Morgan fingerprint density at radius 1 is 1.00 bits per heavy atom. The van der Waals surface area contributed by atoms with E-state index in [4.69, 9.17) is 10.8 Å². The number of ketones is 1. The average molecular weight is 739 g/mol. The Labute approximate surface area is 275 Å². The molecule has 2 aromatic heterocycles. The first-order valence-electron chi connectivity index (χ1n) is 14.3. The summed E-state index contributed by atoms with van der Waals surface area (Å²) in [6.45, 7) is 7.74. The highest BCUT2D eigenvalue weighted by Crippen LogP contribution is 2.38. The quantitative estimate of drug-likeness (QED) is 0.133. The minimum Gasteiger partial charge on any atom is -0.457 e. The van der Waals surface area contributed by atoms with Crippen molar-refractivity contribution in [3.63, 3.8) is 0 Å². The number of pyridine rings is 1. The van der Waals surface area contributed by atoms with E-state index < -0.39 is 23.5 Å². The van der Waals surface area contributed by atoms with Crippen molar-refractivity contribution in [3.05, 3.63) is 89.4 Å². The second-order valence-corrected chi connectivity index (χ2v) is 10.9. The lowest BCUT2D eigenvalue weighted by molar-refractivity contribution is -0.137. The summed E-state index contributed by atoms with van der Waals surface area (Å²) in [4.78, 5) is 29.4. The number of carbonyl (C=O) groups is 2. The fourth-order valence-corrected chi connectivity index (χ4v) is 4.09. The molecule has 2 amide bonds. The molecule has 0 aliphatic rings. The molecule has 9 nitrogen and oxygen atoms in total. The lowest BCUT2D eigenvalue weighted by atomic mass is 9.92. The van der Waals surface area contributed by atoms with Gasteiger partial charge in [0.05, 0.1) is 34.7 Å². The van der Waals surface area contributed by atoms with Crippen LogP contribution in [0.2, 0.25) is 0 Å². The number of aryl methyl sites for hydroxylation is 1. The Balaban J connectivity index is 0.00000185. The molecule has 0 fully saturated rings. The number of nitrogens with one attached hydrogen (secondary N) is 2. The van der Waals surface area contributed by atoms with Gasteiger partial charge in [-0.3, -0.25) is 15.1 Å². The predicted molar refractivity (Wildman–Crippen MR) is 176 cm³/mol. The van der Waals surface area contributed by atoms with Gasteiger partial charge in [0, 0.05) is 32.2 Å². The summed E-state index contributed by atoms with van der Waals surface area (Å²) in [6.07, 6.45) is -3.43. The maximum absolute atomic E-state index is 14.1. The summed E-state index contributed by atoms with van der Waals surface area (Å²) in [5.74, 6) is 0.153. The van der Waals surface area contributed by atoms with Gasteiger partial charge in [0.25, 0.3) is 0 Å². The molecule has 0 aliphatic heterocycles. The normalized spacial score (nSPS) is 11.6. The van der Waals surface area contributed by atoms with Crippen molar-refractivity contribution in [2.45, 2.75) is 45.7 Å². The number of hydrogen-bond donors (Lipinski definition) is 2. The number of benzene rings is 2. The SMILES string of the molecule is COCC(=O)Cc1cc(Oc2ccc(NC(=O)Nc3cc(C(C)(C)C)nn3-c3ccc(C)cc3)c(C(F)(F)F)c2)ccn1.[2H]CI. The van der Waals surface area contributed by atoms with Crippen LogP contribution in [-0.4, -0.2) is 45.2 Å². The molecular weight excluding hydrogens is 702 g/mol. The summed E-state index contributed by atoms with van der Waals surface area (Å²) >= 11 is 1.96. The van der Waals surface area contributed by atoms with Crippen LogP contribution < -0.4 is 15.4 Å². The molecule has 13 heteroatoms. The predicted octanol–water partition coefficient (Wildman–Crippen LogP) is 8.14. The summed E-state index contributed by atoms with van der Waals surface area (Å²) in [5, 5.41) is 9.58. The van der Waals surface area contributed by atoms with E-state index in [-0.39, 0.29) is 41.5 Å². The van der Waals surface area contributed by atoms with Crippen molar-refractivity contribution in [1.29, 1.82) is 0 Å². The zero-order valence-electron chi connectivity index (χ0n) is 26.5. The van der Waals surface area contributed by atoms with Crippen molar-refractivity contribution in [2.75, 3.05) is 29.3 Å². The number of amides is 2. The molecule has 4 rings (SSSR count). The first kappa shape index (κ1) is 33.9. The molecule has 240 valence electrons. The molecule has 0 saturated heterocycles. The minimum absolute atomic E-state index is 0.0170. The molecule has 2 N–H and O–H groups in total. The van der Waals surface area contributed by atoms with Crippen molar-refractivity contribution < 1.29 is 33.6 Å². The third-order valence-electron chi connectivity index (χ3n) is 6.25. The van der Waals surface area contributed by atoms with E-state index in [1.807, 2.05) is 74.6 Å². The fourth-order valence-electron chi connectivity index (χ4n) is 4.09. The molecule has 4 aromatic rings. The Hall–Kier alpha value is -3.98. The summed E-state index contributed by atoms with van der Waals surface area (Å²) in [6, 6.07) is 14.4. The highest BCUT2D eigenvalue weighted by molar-refractivity contribution is 14.1. The number of ether oxygens (including phenoxy) is 2. The number of anilines is 2. The van der Waals surface area contributed by atoms with Crippen molar-refractivity contribution in [3.8, 4) is 17.2 Å². The van der Waals surface area contributed by atoms with Gasteiger partial charge in [0.2, 0.25) is 0 Å². The van der Waals surface area contributed by atoms with Crippen LogP contribution in [-0.2, 0) is 27.5 Å². The minimum atomic E-state index is -4.80. The van der Waals surface area contributed by atoms with Gasteiger partial charge in [-0.15, -0.1) is 0 Å². The Kier molecular flexibility index (Phi) is 11.6. The van der Waals surface area contributed by atoms with Crippen molar-refractivity contribution >= 4 is 45.9 Å². The number of halogens is 4. The molecule has 0 aliphatic carbocycles. The van der Waals surface area contributed by atoms with Crippen LogP contribution in [0.3, 0.4) is 0 Å². The van der Waals surface area contributed by atoms with Gasteiger partial charge >= 0.3 is 12.2 Å². The molecular formula is C32H35F3IN5O4. The van der Waals surface area contributed by atoms with E-state index in [9.17, 15) is 22.8 Å². The molecule has 45 heavy (non-hydrogen) atoms. The van der Waals surface area contributed by atoms with Gasteiger partial charge in [-0.05, 0) is 48.2 Å². The number of Topliss-reactive ketones (excluding diaryl/α,β-unsaturated/α-hetero) is 1. The van der Waals surface area contributed by atoms with Crippen LogP contribution in [0.4, 0.5) is 29.5 Å². The first-order valence-corrected chi connectivity index (χ1v) is 15.1. The maximum Gasteiger partial charge on any atom is 0.418 e. The van der Waals surface area contributed by atoms with Crippen molar-refractivity contribution in [2.24, 2.45) is 0 Å². The van der Waals surface area contributed by atoms with Gasteiger partial charge in [0.15, 0.2) is 5.78 Å². The van der Waals surface area contributed by atoms with Gasteiger partial charge in [-0.2, -0.15) is 18.3 Å². The van der Waals surface area contributed by atoms with E-state index >= 15 is 0 Å². The molecule has 0 saturated carbocycles. The summed E-state index contributed by atoms with van der Waals surface area (Å²) < 4.78 is 60.4. The maximum atomic E-state index is 14.1. The van der Waals surface area contributed by atoms with Crippen LogP contribution in [0.1, 0.15) is 44.7 Å². The largest absolute Gasteiger partial charge is 0.457 e. The Morgan fingerprint density at radius 2 is 1.67 bits per heavy atom. The number of alkyl halides is 4. The van der Waals surface area contributed by atoms with Crippen LogP contribution in [0.5, 0.6) is 11.5 Å². The van der Waals surface area contributed by atoms with Crippen LogP contribution in [0, 0.1) is 6.92 Å². The smallest absolute Gasteiger partial charge is 0.418 e. The number of urea groups is 1. The molecule has 0 unspecified atom stereocenters. The van der Waals surface area contributed by atoms with E-state index in [1.54, 1.807) is 6.07 Å². The third-order valence-corrected chi connectivity index (χ3v) is 6.25. The molecule has 0 bridgehead atoms. The molecule has 2 heterocycles. The number of aromatic nitrogens is 3. The lowest BCUT2D eigenvalue weighted by Gasteiger charge is -2.16. The molecule has 0 atom stereocenters. The van der Waals surface area contributed by atoms with Gasteiger partial charge in [-0.25, -0.2) is 9.48 Å². The third kappa shape index (κ3) is 10.0. The zero-order chi connectivity index (χ0) is 34.1. The van der Waals surface area contributed by atoms with Gasteiger partial charge in [0.1, 0.15) is 23.9 Å². The second kappa shape index (κ2) is 15.3. The Morgan fingerprint density at radius 3 is 2.29 bits per heavy atom. The van der Waals surface area contributed by atoms with Crippen LogP contribution in [0.25, 0.3) is 5.69 Å². The Bertz CT molecular complexity index is 1640. The first-order chi connectivity index (χ1) is 21.6. The number of hydrogen-bond acceptors (Lipinski definition) is 6. The number of nitrogens with zero attached hydrogens (tertiary/aromatic N) is 3. The zero-order valence-corrected chi connectivity index (χ0v) is 27.6. The van der Waals surface area contributed by atoms with E-state index in [2.05, 4.69) is 20.7 Å². The average Bonchev–Trinajstić information content (AvgIpc) is 3.39. The number of methoxy groups -OCH3 is 1. The van der Waals surface area contributed by atoms with E-state index in [1.165, 1.54) is 36.2 Å². The highest BCUT2D eigenvalue weighted by Gasteiger charge is 2.35. The van der Waals surface area contributed by atoms with Crippen LogP contribution in [0.15, 0.2) is 66.9 Å². The number of carbonyl (C=O) groups excluding carboxylic acids is 2. The molecule has 0 radical (unpaired) electrons. The topological polar surface area (TPSA) is 107 Å². The molecule has 0 spiro atoms. The van der Waals surface area contributed by atoms with Crippen molar-refractivity contribution in [1.82, 2.24) is 14.8 Å². The van der Waals surface area contributed by atoms with E-state index in [0.717, 1.165) is 17.7 Å². The van der Waals surface area contributed by atoms with Crippen LogP contribution >= 0.6 is 22.6 Å².